The Kier molecular flexibility index (Phi) is 8.04. The molecule has 0 fully saturated rings. The monoisotopic (exact) mass is 745 g/mol. The molecule has 0 N–H and O–H groups in total. The number of hydrogen-bond donors (Lipinski definition) is 0. The molecule has 268 valence electrons. The fourth-order valence-electron chi connectivity index (χ4n) is 8.31. The maximum absolute atomic E-state index is 7.01. The van der Waals surface area contributed by atoms with Crippen LogP contribution in [0.25, 0.3) is 86.6 Å². The van der Waals surface area contributed by atoms with Gasteiger partial charge in [0.25, 0.3) is 0 Å². The Morgan fingerprint density at radius 3 is 1.56 bits per heavy atom. The predicted molar refractivity (Wildman–Crippen MR) is 243 cm³/mol. The van der Waals surface area contributed by atoms with Gasteiger partial charge < -0.3 is 9.32 Å². The van der Waals surface area contributed by atoms with Crippen LogP contribution in [-0.4, -0.2) is 0 Å². The third kappa shape index (κ3) is 5.80. The number of fused-ring (bicyclic) bond motifs is 6. The van der Waals surface area contributed by atoms with E-state index in [1.165, 1.54) is 42.4 Å². The van der Waals surface area contributed by atoms with Crippen molar-refractivity contribution in [2.75, 3.05) is 4.90 Å². The molecule has 0 unspecified atom stereocenters. The first kappa shape index (κ1) is 33.2. The van der Waals surface area contributed by atoms with E-state index in [0.29, 0.717) is 0 Å². The molecule has 0 aliphatic heterocycles. The molecule has 2 aromatic heterocycles. The molecular formula is C54H35NOS. The third-order valence-corrected chi connectivity index (χ3v) is 12.3. The van der Waals surface area contributed by atoms with Gasteiger partial charge in [0.2, 0.25) is 0 Å². The van der Waals surface area contributed by atoms with E-state index in [2.05, 4.69) is 217 Å². The van der Waals surface area contributed by atoms with Gasteiger partial charge in [0, 0.05) is 32.1 Å². The molecule has 0 atom stereocenters. The summed E-state index contributed by atoms with van der Waals surface area (Å²) < 4.78 is 9.51. The van der Waals surface area contributed by atoms with Crippen LogP contribution in [0.15, 0.2) is 217 Å². The average molecular weight is 746 g/mol. The first-order chi connectivity index (χ1) is 28.3. The van der Waals surface area contributed by atoms with Crippen LogP contribution in [0.4, 0.5) is 17.1 Å². The van der Waals surface area contributed by atoms with E-state index in [1.807, 2.05) is 11.3 Å². The van der Waals surface area contributed by atoms with Gasteiger partial charge in [-0.1, -0.05) is 164 Å². The fourth-order valence-corrected chi connectivity index (χ4v) is 9.56. The van der Waals surface area contributed by atoms with Crippen molar-refractivity contribution in [1.29, 1.82) is 0 Å². The van der Waals surface area contributed by atoms with Gasteiger partial charge in [-0.05, 0) is 87.5 Å². The molecule has 0 aliphatic carbocycles. The summed E-state index contributed by atoms with van der Waals surface area (Å²) in [4.78, 5) is 2.45. The van der Waals surface area contributed by atoms with Gasteiger partial charge >= 0.3 is 0 Å². The molecule has 0 aliphatic rings. The van der Waals surface area contributed by atoms with Gasteiger partial charge in [0.1, 0.15) is 11.2 Å². The Morgan fingerprint density at radius 2 is 0.912 bits per heavy atom. The number of nitrogens with zero attached hydrogens (tertiary/aromatic N) is 1. The lowest BCUT2D eigenvalue weighted by atomic mass is 9.98. The zero-order valence-electron chi connectivity index (χ0n) is 31.0. The molecule has 9 aromatic carbocycles. The number of benzene rings is 9. The van der Waals surface area contributed by atoms with Crippen molar-refractivity contribution in [3.05, 3.63) is 212 Å². The predicted octanol–water partition coefficient (Wildman–Crippen LogP) is 16.1. The Labute approximate surface area is 335 Å². The van der Waals surface area contributed by atoms with Crippen molar-refractivity contribution in [3.8, 4) is 44.5 Å². The highest BCUT2D eigenvalue weighted by Gasteiger charge is 2.25. The van der Waals surface area contributed by atoms with Crippen molar-refractivity contribution in [3.63, 3.8) is 0 Å². The largest absolute Gasteiger partial charge is 0.455 e. The second kappa shape index (κ2) is 13.8. The number of thiophene rings is 1. The topological polar surface area (TPSA) is 16.4 Å². The van der Waals surface area contributed by atoms with Crippen LogP contribution in [0.2, 0.25) is 0 Å². The molecular weight excluding hydrogens is 711 g/mol. The summed E-state index contributed by atoms with van der Waals surface area (Å²) in [6, 6.07) is 76.2. The van der Waals surface area contributed by atoms with Crippen molar-refractivity contribution < 1.29 is 4.42 Å². The van der Waals surface area contributed by atoms with E-state index in [-0.39, 0.29) is 0 Å². The molecule has 0 radical (unpaired) electrons. The SMILES string of the molecule is c1ccc(-c2ccc(N(c3cccc4c3sc3cc(-c5ccccc5)ccc34)c3ccc(-c4ccccc4)c4oc5cc(-c6ccccc6)ccc5c34)cc2)cc1. The standard InChI is InChI=1S/C54H35NOS/c1-5-14-36(15-6-1)39-24-28-43(29-25-39)55(49-23-13-22-46-45-30-26-42(35-51(45)57-54(46)49)38-18-9-3-10-19-38)48-33-32-44(40-20-11-4-12-21-40)53-52(48)47-31-27-41(34-50(47)56-53)37-16-7-2-8-17-37/h1-35H. The molecule has 11 rings (SSSR count). The molecule has 2 heterocycles. The van der Waals surface area contributed by atoms with Crippen molar-refractivity contribution in [2.45, 2.75) is 0 Å². The molecule has 0 saturated heterocycles. The average Bonchev–Trinajstić information content (AvgIpc) is 3.87. The Balaban J connectivity index is 1.18. The number of rotatable bonds is 7. The minimum absolute atomic E-state index is 0.865. The van der Waals surface area contributed by atoms with Gasteiger partial charge in [0.15, 0.2) is 0 Å². The van der Waals surface area contributed by atoms with E-state index in [0.717, 1.165) is 61.3 Å². The lowest BCUT2D eigenvalue weighted by Crippen LogP contribution is -2.10. The van der Waals surface area contributed by atoms with E-state index < -0.39 is 0 Å². The molecule has 11 aromatic rings. The minimum atomic E-state index is 0.865. The number of furan rings is 1. The Morgan fingerprint density at radius 1 is 0.368 bits per heavy atom. The zero-order chi connectivity index (χ0) is 37.7. The molecule has 0 bridgehead atoms. The smallest absolute Gasteiger partial charge is 0.145 e. The van der Waals surface area contributed by atoms with Gasteiger partial charge in [-0.2, -0.15) is 0 Å². The van der Waals surface area contributed by atoms with Crippen LogP contribution in [0.1, 0.15) is 0 Å². The summed E-state index contributed by atoms with van der Waals surface area (Å²) in [6.45, 7) is 0. The maximum atomic E-state index is 7.01. The van der Waals surface area contributed by atoms with Gasteiger partial charge in [-0.3, -0.25) is 0 Å². The Bertz CT molecular complexity index is 3200. The summed E-state index contributed by atoms with van der Waals surface area (Å²) in [5, 5.41) is 4.68. The fraction of sp³-hybridized carbons (Fsp3) is 0. The van der Waals surface area contributed by atoms with E-state index in [9.17, 15) is 0 Å². The second-order valence-electron chi connectivity index (χ2n) is 14.5. The molecule has 2 nitrogen and oxygen atoms in total. The normalized spacial score (nSPS) is 11.5. The van der Waals surface area contributed by atoms with Crippen LogP contribution < -0.4 is 4.90 Å². The zero-order valence-corrected chi connectivity index (χ0v) is 31.8. The van der Waals surface area contributed by atoms with Crippen LogP contribution in [0, 0.1) is 0 Å². The molecule has 57 heavy (non-hydrogen) atoms. The van der Waals surface area contributed by atoms with Gasteiger partial charge in [-0.15, -0.1) is 11.3 Å². The van der Waals surface area contributed by atoms with Crippen LogP contribution in [-0.2, 0) is 0 Å². The highest BCUT2D eigenvalue weighted by molar-refractivity contribution is 7.26. The highest BCUT2D eigenvalue weighted by atomic mass is 32.1. The van der Waals surface area contributed by atoms with Crippen molar-refractivity contribution in [2.24, 2.45) is 0 Å². The third-order valence-electron chi connectivity index (χ3n) is 11.1. The van der Waals surface area contributed by atoms with Crippen molar-refractivity contribution in [1.82, 2.24) is 0 Å². The van der Waals surface area contributed by atoms with Crippen LogP contribution in [0.5, 0.6) is 0 Å². The van der Waals surface area contributed by atoms with Gasteiger partial charge in [0.05, 0.1) is 21.5 Å². The lowest BCUT2D eigenvalue weighted by Gasteiger charge is -2.27. The quantitative estimate of drug-likeness (QED) is 0.162. The molecule has 0 spiro atoms. The van der Waals surface area contributed by atoms with Crippen molar-refractivity contribution >= 4 is 70.5 Å². The first-order valence-electron chi connectivity index (χ1n) is 19.3. The molecule has 0 amide bonds. The Hall–Kier alpha value is -7.20. The van der Waals surface area contributed by atoms with Crippen LogP contribution >= 0.6 is 11.3 Å². The number of hydrogen-bond acceptors (Lipinski definition) is 3. The van der Waals surface area contributed by atoms with E-state index in [4.69, 9.17) is 4.42 Å². The summed E-state index contributed by atoms with van der Waals surface area (Å²) in [6.07, 6.45) is 0. The maximum Gasteiger partial charge on any atom is 0.145 e. The lowest BCUT2D eigenvalue weighted by molar-refractivity contribution is 0.670. The van der Waals surface area contributed by atoms with Crippen LogP contribution in [0.3, 0.4) is 0 Å². The summed E-state index contributed by atoms with van der Waals surface area (Å²) >= 11 is 1.86. The van der Waals surface area contributed by atoms with Gasteiger partial charge in [-0.25, -0.2) is 0 Å². The summed E-state index contributed by atoms with van der Waals surface area (Å²) in [5.41, 5.74) is 14.3. The second-order valence-corrected chi connectivity index (χ2v) is 15.5. The minimum Gasteiger partial charge on any atom is -0.455 e. The first-order valence-corrected chi connectivity index (χ1v) is 20.1. The van der Waals surface area contributed by atoms with E-state index >= 15 is 0 Å². The highest BCUT2D eigenvalue weighted by Crippen LogP contribution is 2.50. The number of anilines is 3. The summed E-state index contributed by atoms with van der Waals surface area (Å²) in [5.74, 6) is 0. The molecule has 0 saturated carbocycles. The summed E-state index contributed by atoms with van der Waals surface area (Å²) in [7, 11) is 0. The van der Waals surface area contributed by atoms with E-state index in [1.54, 1.807) is 0 Å². The molecule has 3 heteroatoms.